The summed E-state index contributed by atoms with van der Waals surface area (Å²) in [5, 5.41) is 1.57. The van der Waals surface area contributed by atoms with Crippen molar-refractivity contribution in [1.29, 1.82) is 0 Å². The van der Waals surface area contributed by atoms with E-state index in [4.69, 9.17) is 0 Å². The summed E-state index contributed by atoms with van der Waals surface area (Å²) >= 11 is 0. The Kier molecular flexibility index (Phi) is 3.62. The Labute approximate surface area is 61.2 Å². The van der Waals surface area contributed by atoms with Gasteiger partial charge in [-0.05, 0) is 12.1 Å². The molecule has 0 N–H and O–H groups in total. The summed E-state index contributed by atoms with van der Waals surface area (Å²) in [6.45, 7) is 4.48. The van der Waals surface area contributed by atoms with Crippen molar-refractivity contribution in [3.63, 3.8) is 0 Å². The van der Waals surface area contributed by atoms with E-state index in [9.17, 15) is 0 Å². The summed E-state index contributed by atoms with van der Waals surface area (Å²) in [6.07, 6.45) is 2.22. The topological polar surface area (TPSA) is 3.24 Å². The standard InChI is InChI=1S/C7H17NSi/c1-6(2)7(9)5-8(3)4/h5-6H,1-4,9H3. The normalized spacial score (nSPS) is 12.8. The van der Waals surface area contributed by atoms with Gasteiger partial charge in [-0.25, -0.2) is 0 Å². The zero-order valence-electron chi connectivity index (χ0n) is 7.10. The second kappa shape index (κ2) is 3.72. The minimum atomic E-state index is 0.735. The van der Waals surface area contributed by atoms with E-state index in [0.29, 0.717) is 0 Å². The highest BCUT2D eigenvalue weighted by Crippen LogP contribution is 2.03. The Balaban J connectivity index is 3.84. The van der Waals surface area contributed by atoms with Gasteiger partial charge in [-0.1, -0.05) is 19.0 Å². The fourth-order valence-electron chi connectivity index (χ4n) is 0.556. The lowest BCUT2D eigenvalue weighted by atomic mass is 10.2. The molecule has 0 aromatic heterocycles. The predicted octanol–water partition coefficient (Wildman–Crippen LogP) is 0.411. The van der Waals surface area contributed by atoms with Crippen LogP contribution in [0.2, 0.25) is 0 Å². The molecule has 9 heavy (non-hydrogen) atoms. The quantitative estimate of drug-likeness (QED) is 0.506. The molecule has 0 fully saturated rings. The highest BCUT2D eigenvalue weighted by Gasteiger charge is 1.94. The van der Waals surface area contributed by atoms with Gasteiger partial charge < -0.3 is 4.90 Å². The van der Waals surface area contributed by atoms with Gasteiger partial charge in [-0.15, -0.1) is 0 Å². The Morgan fingerprint density at radius 1 is 1.44 bits per heavy atom. The van der Waals surface area contributed by atoms with Crippen molar-refractivity contribution in [1.82, 2.24) is 4.90 Å². The van der Waals surface area contributed by atoms with Gasteiger partial charge in [0.1, 0.15) is 0 Å². The molecule has 0 radical (unpaired) electrons. The van der Waals surface area contributed by atoms with E-state index < -0.39 is 0 Å². The summed E-state index contributed by atoms with van der Waals surface area (Å²) in [5.41, 5.74) is 0. The lowest BCUT2D eigenvalue weighted by Gasteiger charge is -2.10. The third-order valence-electron chi connectivity index (χ3n) is 1.37. The number of rotatable bonds is 2. The summed E-state index contributed by atoms with van der Waals surface area (Å²) in [5.74, 6) is 0.735. The summed E-state index contributed by atoms with van der Waals surface area (Å²) < 4.78 is 0. The van der Waals surface area contributed by atoms with E-state index in [0.717, 1.165) is 5.92 Å². The van der Waals surface area contributed by atoms with Crippen LogP contribution in [-0.4, -0.2) is 29.2 Å². The van der Waals surface area contributed by atoms with Crippen molar-refractivity contribution >= 4 is 10.2 Å². The molecular formula is C7H17NSi. The summed E-state index contributed by atoms with van der Waals surface area (Å²) in [4.78, 5) is 2.11. The minimum Gasteiger partial charge on any atom is -0.384 e. The van der Waals surface area contributed by atoms with Crippen LogP contribution in [0.3, 0.4) is 0 Å². The van der Waals surface area contributed by atoms with Crippen LogP contribution in [0.4, 0.5) is 0 Å². The van der Waals surface area contributed by atoms with E-state index >= 15 is 0 Å². The third kappa shape index (κ3) is 4.27. The molecule has 0 unspecified atom stereocenters. The van der Waals surface area contributed by atoms with Gasteiger partial charge >= 0.3 is 0 Å². The van der Waals surface area contributed by atoms with Gasteiger partial charge in [0, 0.05) is 24.3 Å². The molecule has 0 bridgehead atoms. The molecule has 0 aliphatic rings. The van der Waals surface area contributed by atoms with Crippen LogP contribution in [0.1, 0.15) is 13.8 Å². The second-order valence-electron chi connectivity index (χ2n) is 2.99. The lowest BCUT2D eigenvalue weighted by Crippen LogP contribution is -2.05. The monoisotopic (exact) mass is 143 g/mol. The minimum absolute atomic E-state index is 0.735. The molecule has 0 aliphatic heterocycles. The van der Waals surface area contributed by atoms with E-state index in [1.165, 1.54) is 10.2 Å². The molecule has 1 nitrogen and oxygen atoms in total. The molecule has 2 heteroatoms. The highest BCUT2D eigenvalue weighted by molar-refractivity contribution is 6.21. The molecule has 0 saturated carbocycles. The van der Waals surface area contributed by atoms with Crippen LogP contribution >= 0.6 is 0 Å². The molecule has 0 atom stereocenters. The third-order valence-corrected chi connectivity index (χ3v) is 2.79. The van der Waals surface area contributed by atoms with Gasteiger partial charge in [0.15, 0.2) is 0 Å². The van der Waals surface area contributed by atoms with Crippen LogP contribution in [0.15, 0.2) is 11.4 Å². The SMILES string of the molecule is CC(C)C([SiH3])=CN(C)C. The summed E-state index contributed by atoms with van der Waals surface area (Å²) in [7, 11) is 5.33. The Hall–Kier alpha value is -0.243. The number of allylic oxidation sites excluding steroid dienone is 1. The maximum Gasteiger partial charge on any atom is 0.0355 e. The maximum atomic E-state index is 2.24. The van der Waals surface area contributed by atoms with Gasteiger partial charge in [0.25, 0.3) is 0 Å². The molecule has 0 aromatic rings. The van der Waals surface area contributed by atoms with E-state index in [-0.39, 0.29) is 0 Å². The maximum absolute atomic E-state index is 2.24. The first-order valence-electron chi connectivity index (χ1n) is 3.38. The Bertz CT molecular complexity index is 105. The largest absolute Gasteiger partial charge is 0.384 e. The van der Waals surface area contributed by atoms with Crippen LogP contribution in [0.25, 0.3) is 0 Å². The highest BCUT2D eigenvalue weighted by atomic mass is 28.1. The fourth-order valence-corrected chi connectivity index (χ4v) is 1.07. The van der Waals surface area contributed by atoms with Gasteiger partial charge in [-0.2, -0.15) is 0 Å². The average molecular weight is 143 g/mol. The van der Waals surface area contributed by atoms with Crippen molar-refractivity contribution in [3.05, 3.63) is 11.4 Å². The average Bonchev–Trinajstić information content (AvgIpc) is 1.63. The fraction of sp³-hybridized carbons (Fsp3) is 0.714. The van der Waals surface area contributed by atoms with Gasteiger partial charge in [0.05, 0.1) is 0 Å². The van der Waals surface area contributed by atoms with Crippen LogP contribution in [0, 0.1) is 5.92 Å². The zero-order valence-corrected chi connectivity index (χ0v) is 9.10. The second-order valence-corrected chi connectivity index (χ2v) is 4.15. The van der Waals surface area contributed by atoms with Crippen molar-refractivity contribution in [2.45, 2.75) is 13.8 Å². The molecule has 0 saturated heterocycles. The number of hydrogen-bond acceptors (Lipinski definition) is 1. The molecular weight excluding hydrogens is 126 g/mol. The van der Waals surface area contributed by atoms with E-state index in [1.807, 2.05) is 0 Å². The number of nitrogens with zero attached hydrogens (tertiary/aromatic N) is 1. The van der Waals surface area contributed by atoms with Crippen LogP contribution in [-0.2, 0) is 0 Å². The van der Waals surface area contributed by atoms with Crippen LogP contribution < -0.4 is 0 Å². The molecule has 0 amide bonds. The Morgan fingerprint density at radius 3 is 2.00 bits per heavy atom. The van der Waals surface area contributed by atoms with Crippen LogP contribution in [0.5, 0.6) is 0 Å². The molecule has 0 heterocycles. The van der Waals surface area contributed by atoms with Crippen molar-refractivity contribution < 1.29 is 0 Å². The van der Waals surface area contributed by atoms with Crippen molar-refractivity contribution in [2.24, 2.45) is 5.92 Å². The van der Waals surface area contributed by atoms with Gasteiger partial charge in [0.2, 0.25) is 0 Å². The zero-order chi connectivity index (χ0) is 7.44. The molecule has 0 rings (SSSR count). The smallest absolute Gasteiger partial charge is 0.0355 e. The molecule has 0 spiro atoms. The molecule has 0 aliphatic carbocycles. The Morgan fingerprint density at radius 2 is 1.89 bits per heavy atom. The molecule has 54 valence electrons. The lowest BCUT2D eigenvalue weighted by molar-refractivity contribution is 0.553. The van der Waals surface area contributed by atoms with Crippen molar-refractivity contribution in [3.8, 4) is 0 Å². The first kappa shape index (κ1) is 8.76. The summed E-state index contributed by atoms with van der Waals surface area (Å²) in [6, 6.07) is 0. The van der Waals surface area contributed by atoms with Gasteiger partial charge in [-0.3, -0.25) is 0 Å². The van der Waals surface area contributed by atoms with E-state index in [2.05, 4.69) is 39.0 Å². The first-order chi connectivity index (χ1) is 4.04. The first-order valence-corrected chi connectivity index (χ1v) is 4.38. The molecule has 0 aromatic carbocycles. The predicted molar refractivity (Wildman–Crippen MR) is 46.5 cm³/mol. The number of hydrogen-bond donors (Lipinski definition) is 0. The van der Waals surface area contributed by atoms with Crippen molar-refractivity contribution in [2.75, 3.05) is 14.1 Å². The van der Waals surface area contributed by atoms with E-state index in [1.54, 1.807) is 5.20 Å².